The maximum atomic E-state index is 4.54. The monoisotopic (exact) mass is 482 g/mol. The Balaban J connectivity index is 0.00000243. The van der Waals surface area contributed by atoms with E-state index in [1.165, 1.54) is 11.3 Å². The van der Waals surface area contributed by atoms with Crippen LogP contribution in [-0.4, -0.2) is 41.7 Å². The van der Waals surface area contributed by atoms with Gasteiger partial charge in [0.2, 0.25) is 0 Å². The largest absolute Gasteiger partial charge is 0.351 e. The molecule has 26 heavy (non-hydrogen) atoms. The fraction of sp³-hybridized carbons (Fsp3) is 0.400. The number of aromatic nitrogens is 1. The summed E-state index contributed by atoms with van der Waals surface area (Å²) in [4.78, 5) is 12.7. The van der Waals surface area contributed by atoms with Crippen LogP contribution in [0.5, 0.6) is 0 Å². The SMILES string of the molecule is CN=C(NCc1cccc(C)n1)N1CCC(CSc2ccccc2)C1.I. The van der Waals surface area contributed by atoms with Gasteiger partial charge < -0.3 is 10.2 Å². The Labute approximate surface area is 177 Å². The highest BCUT2D eigenvalue weighted by atomic mass is 127. The first-order chi connectivity index (χ1) is 12.2. The van der Waals surface area contributed by atoms with Crippen LogP contribution >= 0.6 is 35.7 Å². The molecule has 0 amide bonds. The summed E-state index contributed by atoms with van der Waals surface area (Å²) >= 11 is 1.95. The number of nitrogens with zero attached hydrogens (tertiary/aromatic N) is 3. The van der Waals surface area contributed by atoms with Crippen molar-refractivity contribution in [3.8, 4) is 0 Å². The van der Waals surface area contributed by atoms with Crippen molar-refractivity contribution in [3.63, 3.8) is 0 Å². The number of benzene rings is 1. The Morgan fingerprint density at radius 3 is 2.77 bits per heavy atom. The summed E-state index contributed by atoms with van der Waals surface area (Å²) in [5, 5.41) is 3.46. The lowest BCUT2D eigenvalue weighted by Gasteiger charge is -2.21. The van der Waals surface area contributed by atoms with E-state index >= 15 is 0 Å². The summed E-state index contributed by atoms with van der Waals surface area (Å²) in [7, 11) is 1.86. The first kappa shape index (κ1) is 21.0. The summed E-state index contributed by atoms with van der Waals surface area (Å²) in [5.41, 5.74) is 2.10. The Bertz CT molecular complexity index is 708. The van der Waals surface area contributed by atoms with Crippen molar-refractivity contribution in [1.82, 2.24) is 15.2 Å². The van der Waals surface area contributed by atoms with E-state index in [1.54, 1.807) is 0 Å². The van der Waals surface area contributed by atoms with Crippen molar-refractivity contribution in [2.75, 3.05) is 25.9 Å². The second kappa shape index (κ2) is 10.8. The number of thioether (sulfide) groups is 1. The van der Waals surface area contributed by atoms with Crippen LogP contribution in [0.25, 0.3) is 0 Å². The molecule has 0 bridgehead atoms. The third-order valence-corrected chi connectivity index (χ3v) is 5.64. The van der Waals surface area contributed by atoms with Crippen molar-refractivity contribution >= 4 is 41.7 Å². The molecule has 0 spiro atoms. The molecule has 1 unspecified atom stereocenters. The maximum Gasteiger partial charge on any atom is 0.193 e. The molecule has 0 radical (unpaired) electrons. The molecular weight excluding hydrogens is 455 g/mol. The minimum atomic E-state index is 0. The number of hydrogen-bond acceptors (Lipinski definition) is 3. The molecule has 1 aliphatic rings. The highest BCUT2D eigenvalue weighted by molar-refractivity contribution is 14.0. The molecule has 1 atom stereocenters. The van der Waals surface area contributed by atoms with Crippen molar-refractivity contribution in [2.24, 2.45) is 10.9 Å². The molecule has 1 N–H and O–H groups in total. The van der Waals surface area contributed by atoms with E-state index in [2.05, 4.69) is 62.7 Å². The number of halogens is 1. The van der Waals surface area contributed by atoms with Gasteiger partial charge in [0.15, 0.2) is 5.96 Å². The van der Waals surface area contributed by atoms with Gasteiger partial charge in [0.25, 0.3) is 0 Å². The fourth-order valence-corrected chi connectivity index (χ4v) is 4.14. The van der Waals surface area contributed by atoms with E-state index in [4.69, 9.17) is 0 Å². The van der Waals surface area contributed by atoms with Crippen molar-refractivity contribution in [3.05, 3.63) is 59.9 Å². The van der Waals surface area contributed by atoms with Gasteiger partial charge in [-0.2, -0.15) is 0 Å². The van der Waals surface area contributed by atoms with Crippen LogP contribution < -0.4 is 5.32 Å². The minimum Gasteiger partial charge on any atom is -0.351 e. The van der Waals surface area contributed by atoms with Crippen LogP contribution in [0.4, 0.5) is 0 Å². The zero-order chi connectivity index (χ0) is 17.5. The van der Waals surface area contributed by atoms with E-state index in [0.29, 0.717) is 12.5 Å². The predicted molar refractivity (Wildman–Crippen MR) is 121 cm³/mol. The molecule has 4 nitrogen and oxygen atoms in total. The Morgan fingerprint density at radius 2 is 2.04 bits per heavy atom. The van der Waals surface area contributed by atoms with Gasteiger partial charge in [-0.1, -0.05) is 24.3 Å². The number of nitrogens with one attached hydrogen (secondary N) is 1. The van der Waals surface area contributed by atoms with Crippen LogP contribution in [0.2, 0.25) is 0 Å². The Morgan fingerprint density at radius 1 is 1.23 bits per heavy atom. The summed E-state index contributed by atoms with van der Waals surface area (Å²) in [6.07, 6.45) is 1.23. The quantitative estimate of drug-likeness (QED) is 0.300. The van der Waals surface area contributed by atoms with Crippen LogP contribution in [0.15, 0.2) is 58.4 Å². The van der Waals surface area contributed by atoms with Gasteiger partial charge in [0.05, 0.1) is 12.2 Å². The smallest absolute Gasteiger partial charge is 0.193 e. The highest BCUT2D eigenvalue weighted by Gasteiger charge is 2.24. The number of likely N-dealkylation sites (tertiary alicyclic amines) is 1. The topological polar surface area (TPSA) is 40.5 Å². The Kier molecular flexibility index (Phi) is 8.71. The number of pyridine rings is 1. The van der Waals surface area contributed by atoms with Gasteiger partial charge in [0.1, 0.15) is 0 Å². The van der Waals surface area contributed by atoms with Crippen molar-refractivity contribution in [1.29, 1.82) is 0 Å². The van der Waals surface area contributed by atoms with E-state index in [9.17, 15) is 0 Å². The van der Waals surface area contributed by atoms with Crippen LogP contribution in [0.1, 0.15) is 17.8 Å². The molecule has 2 aromatic rings. The average Bonchev–Trinajstić information content (AvgIpc) is 3.10. The van der Waals surface area contributed by atoms with E-state index in [0.717, 1.165) is 36.2 Å². The second-order valence-electron chi connectivity index (χ2n) is 6.40. The molecule has 1 saturated heterocycles. The lowest BCUT2D eigenvalue weighted by atomic mass is 10.2. The van der Waals surface area contributed by atoms with E-state index in [1.807, 2.05) is 31.8 Å². The average molecular weight is 482 g/mol. The van der Waals surface area contributed by atoms with Gasteiger partial charge in [-0.3, -0.25) is 9.98 Å². The number of aryl methyl sites for hydroxylation is 1. The van der Waals surface area contributed by atoms with Gasteiger partial charge in [-0.25, -0.2) is 0 Å². The van der Waals surface area contributed by atoms with E-state index in [-0.39, 0.29) is 24.0 Å². The van der Waals surface area contributed by atoms with Crippen LogP contribution in [0.3, 0.4) is 0 Å². The standard InChI is InChI=1S/C20H26N4S.HI/c1-16-7-6-8-18(23-16)13-22-20(21-2)24-12-11-17(14-24)15-25-19-9-4-3-5-10-19;/h3-10,17H,11-15H2,1-2H3,(H,21,22);1H. The zero-order valence-electron chi connectivity index (χ0n) is 15.4. The predicted octanol–water partition coefficient (Wildman–Crippen LogP) is 4.20. The normalized spacial score (nSPS) is 17.1. The number of rotatable bonds is 5. The van der Waals surface area contributed by atoms with Gasteiger partial charge >= 0.3 is 0 Å². The molecular formula is C20H27IN4S. The Hall–Kier alpha value is -1.28. The van der Waals surface area contributed by atoms with Crippen LogP contribution in [-0.2, 0) is 6.54 Å². The van der Waals surface area contributed by atoms with Gasteiger partial charge in [-0.15, -0.1) is 35.7 Å². The third-order valence-electron chi connectivity index (χ3n) is 4.40. The maximum absolute atomic E-state index is 4.54. The summed E-state index contributed by atoms with van der Waals surface area (Å²) in [6.45, 7) is 4.88. The second-order valence-corrected chi connectivity index (χ2v) is 7.49. The van der Waals surface area contributed by atoms with Crippen LogP contribution in [0, 0.1) is 12.8 Å². The zero-order valence-corrected chi connectivity index (χ0v) is 18.5. The van der Waals surface area contributed by atoms with Crippen molar-refractivity contribution in [2.45, 2.75) is 24.8 Å². The summed E-state index contributed by atoms with van der Waals surface area (Å²) < 4.78 is 0. The summed E-state index contributed by atoms with van der Waals surface area (Å²) in [5.74, 6) is 2.85. The highest BCUT2D eigenvalue weighted by Crippen LogP contribution is 2.25. The molecule has 0 saturated carbocycles. The lowest BCUT2D eigenvalue weighted by Crippen LogP contribution is -2.39. The fourth-order valence-electron chi connectivity index (χ4n) is 3.09. The number of guanidine groups is 1. The van der Waals surface area contributed by atoms with Gasteiger partial charge in [-0.05, 0) is 43.5 Å². The molecule has 3 rings (SSSR count). The number of hydrogen-bond donors (Lipinski definition) is 1. The van der Waals surface area contributed by atoms with E-state index < -0.39 is 0 Å². The molecule has 1 aliphatic heterocycles. The minimum absolute atomic E-state index is 0. The molecule has 2 heterocycles. The molecule has 6 heteroatoms. The van der Waals surface area contributed by atoms with Crippen molar-refractivity contribution < 1.29 is 0 Å². The lowest BCUT2D eigenvalue weighted by molar-refractivity contribution is 0.473. The molecule has 1 fully saturated rings. The molecule has 1 aromatic heterocycles. The first-order valence-corrected chi connectivity index (χ1v) is 9.79. The first-order valence-electron chi connectivity index (χ1n) is 8.80. The summed E-state index contributed by atoms with van der Waals surface area (Å²) in [6, 6.07) is 16.8. The molecule has 1 aromatic carbocycles. The van der Waals surface area contributed by atoms with Gasteiger partial charge in [0, 0.05) is 36.5 Å². The molecule has 0 aliphatic carbocycles. The molecule has 140 valence electrons. The number of aliphatic imine (C=N–C) groups is 1. The third kappa shape index (κ3) is 6.16.